The summed E-state index contributed by atoms with van der Waals surface area (Å²) in [7, 11) is 0. The van der Waals surface area contributed by atoms with E-state index in [1.807, 2.05) is 26.0 Å². The van der Waals surface area contributed by atoms with Crippen molar-refractivity contribution in [3.8, 4) is 0 Å². The van der Waals surface area contributed by atoms with Gasteiger partial charge in [0.1, 0.15) is 5.69 Å². The van der Waals surface area contributed by atoms with Crippen LogP contribution in [0.15, 0.2) is 61.1 Å². The lowest BCUT2D eigenvalue weighted by atomic mass is 10.1. The minimum absolute atomic E-state index is 0.158. The third-order valence-corrected chi connectivity index (χ3v) is 5.04. The summed E-state index contributed by atoms with van der Waals surface area (Å²) in [6, 6.07) is 11.0. The number of pyridine rings is 2. The monoisotopic (exact) mass is 429 g/mol. The first-order chi connectivity index (χ1) is 14.7. The van der Waals surface area contributed by atoms with Crippen LogP contribution in [0, 0.1) is 13.8 Å². The summed E-state index contributed by atoms with van der Waals surface area (Å²) < 4.78 is 38.2. The van der Waals surface area contributed by atoms with E-state index >= 15 is 0 Å². The zero-order valence-corrected chi connectivity index (χ0v) is 17.1. The summed E-state index contributed by atoms with van der Waals surface area (Å²) in [5.74, 6) is -0.545. The lowest BCUT2D eigenvalue weighted by Crippen LogP contribution is -2.37. The summed E-state index contributed by atoms with van der Waals surface area (Å²) in [6.45, 7) is 4.02. The zero-order chi connectivity index (χ0) is 22.6. The van der Waals surface area contributed by atoms with Crippen LogP contribution in [0.25, 0.3) is 0 Å². The molecule has 0 saturated heterocycles. The molecular formula is C23H22F3N3O2. The lowest BCUT2D eigenvalue weighted by Gasteiger charge is -2.26. The molecule has 1 amide bonds. The fourth-order valence-corrected chi connectivity index (χ4v) is 3.07. The third-order valence-electron chi connectivity index (χ3n) is 5.04. The number of hydrogen-bond donors (Lipinski definition) is 1. The molecule has 0 fully saturated rings. The zero-order valence-electron chi connectivity index (χ0n) is 17.1. The lowest BCUT2D eigenvalue weighted by molar-refractivity contribution is -0.141. The Balaban J connectivity index is 1.85. The maximum atomic E-state index is 13.1. The molecule has 2 heterocycles. The van der Waals surface area contributed by atoms with Crippen molar-refractivity contribution in [3.63, 3.8) is 0 Å². The van der Waals surface area contributed by atoms with E-state index < -0.39 is 23.9 Å². The molecule has 1 unspecified atom stereocenters. The Kier molecular flexibility index (Phi) is 6.70. The van der Waals surface area contributed by atoms with Crippen molar-refractivity contribution >= 4 is 11.6 Å². The van der Waals surface area contributed by atoms with E-state index in [1.54, 1.807) is 24.4 Å². The van der Waals surface area contributed by atoms with Gasteiger partial charge in [-0.3, -0.25) is 14.8 Å². The van der Waals surface area contributed by atoms with Crippen LogP contribution in [0.5, 0.6) is 0 Å². The Labute approximate surface area is 178 Å². The van der Waals surface area contributed by atoms with E-state index in [0.717, 1.165) is 23.4 Å². The Bertz CT molecular complexity index is 1040. The third kappa shape index (κ3) is 5.46. The van der Waals surface area contributed by atoms with Crippen molar-refractivity contribution in [2.24, 2.45) is 0 Å². The molecule has 8 heteroatoms. The van der Waals surface area contributed by atoms with Crippen LogP contribution < -0.4 is 4.90 Å². The van der Waals surface area contributed by atoms with Crippen molar-refractivity contribution < 1.29 is 23.1 Å². The quantitative estimate of drug-likeness (QED) is 0.630. The first kappa shape index (κ1) is 22.4. The molecule has 0 aliphatic carbocycles. The molecule has 1 N–H and O–H groups in total. The number of aliphatic hydroxyl groups excluding tert-OH is 1. The average Bonchev–Trinajstić information content (AvgIpc) is 2.76. The van der Waals surface area contributed by atoms with Gasteiger partial charge in [-0.2, -0.15) is 13.2 Å². The minimum atomic E-state index is -4.51. The van der Waals surface area contributed by atoms with Crippen LogP contribution in [0.1, 0.15) is 34.1 Å². The van der Waals surface area contributed by atoms with E-state index in [1.165, 1.54) is 17.2 Å². The molecule has 0 aliphatic heterocycles. The van der Waals surface area contributed by atoms with Gasteiger partial charge in [-0.1, -0.05) is 18.2 Å². The molecule has 0 spiro atoms. The van der Waals surface area contributed by atoms with Crippen LogP contribution in [-0.4, -0.2) is 27.5 Å². The molecule has 3 rings (SSSR count). The van der Waals surface area contributed by atoms with Crippen molar-refractivity contribution in [1.82, 2.24) is 9.97 Å². The highest BCUT2D eigenvalue weighted by Gasteiger charge is 2.32. The summed E-state index contributed by atoms with van der Waals surface area (Å²) >= 11 is 0. The van der Waals surface area contributed by atoms with E-state index in [-0.39, 0.29) is 13.0 Å². The second-order valence-corrected chi connectivity index (χ2v) is 7.25. The number of benzene rings is 1. The van der Waals surface area contributed by atoms with Gasteiger partial charge in [0.05, 0.1) is 0 Å². The van der Waals surface area contributed by atoms with Gasteiger partial charge in [0.2, 0.25) is 0 Å². The number of alkyl halides is 3. The van der Waals surface area contributed by atoms with E-state index in [0.29, 0.717) is 16.8 Å². The molecule has 31 heavy (non-hydrogen) atoms. The van der Waals surface area contributed by atoms with Gasteiger partial charge in [0.25, 0.3) is 5.91 Å². The number of halogens is 3. The topological polar surface area (TPSA) is 66.3 Å². The predicted octanol–water partition coefficient (Wildman–Crippen LogP) is 4.42. The summed E-state index contributed by atoms with van der Waals surface area (Å²) in [4.78, 5) is 22.0. The second-order valence-electron chi connectivity index (χ2n) is 7.25. The molecule has 1 aromatic carbocycles. The summed E-state index contributed by atoms with van der Waals surface area (Å²) in [6.07, 6.45) is -1.54. The van der Waals surface area contributed by atoms with E-state index in [9.17, 15) is 23.1 Å². The number of aromatic nitrogens is 2. The Hall–Kier alpha value is -3.26. The Morgan fingerprint density at radius 1 is 1.10 bits per heavy atom. The van der Waals surface area contributed by atoms with Crippen molar-refractivity contribution in [3.05, 3.63) is 89.0 Å². The maximum absolute atomic E-state index is 13.1. The van der Waals surface area contributed by atoms with Crippen LogP contribution in [-0.2, 0) is 17.4 Å². The highest BCUT2D eigenvalue weighted by molar-refractivity contribution is 5.97. The molecule has 0 radical (unpaired) electrons. The van der Waals surface area contributed by atoms with Crippen LogP contribution >= 0.6 is 0 Å². The molecule has 5 nitrogen and oxygen atoms in total. The molecule has 0 bridgehead atoms. The van der Waals surface area contributed by atoms with E-state index in [4.69, 9.17) is 0 Å². The smallest absolute Gasteiger partial charge is 0.378 e. The number of nitrogens with zero attached hydrogens (tertiary/aromatic N) is 3. The number of aryl methyl sites for hydroxylation is 2. The molecule has 0 aliphatic rings. The number of amides is 1. The average molecular weight is 429 g/mol. The SMILES string of the molecule is Cc1ccc(N(CCc2ccc(C(F)(F)F)nc2)C(=O)C(O)c2cccnc2)cc1C. The number of carbonyl (C=O) groups is 1. The van der Waals surface area contributed by atoms with Crippen molar-refractivity contribution in [1.29, 1.82) is 0 Å². The first-order valence-corrected chi connectivity index (χ1v) is 9.65. The highest BCUT2D eigenvalue weighted by atomic mass is 19.4. The van der Waals surface area contributed by atoms with Gasteiger partial charge in [-0.15, -0.1) is 0 Å². The van der Waals surface area contributed by atoms with Gasteiger partial charge >= 0.3 is 6.18 Å². The number of hydrogen-bond acceptors (Lipinski definition) is 4. The molecule has 3 aromatic rings. The highest BCUT2D eigenvalue weighted by Crippen LogP contribution is 2.28. The fraction of sp³-hybridized carbons (Fsp3) is 0.261. The standard InChI is InChI=1S/C23H22F3N3O2/c1-15-5-7-19(12-16(15)2)29(22(31)21(30)18-4-3-10-27-14-18)11-9-17-6-8-20(28-13-17)23(24,25)26/h3-8,10,12-14,21,30H,9,11H2,1-2H3. The second kappa shape index (κ2) is 9.26. The van der Waals surface area contributed by atoms with Crippen molar-refractivity contribution in [2.45, 2.75) is 32.5 Å². The molecule has 162 valence electrons. The molecule has 0 saturated carbocycles. The van der Waals surface area contributed by atoms with Gasteiger partial charge in [0, 0.05) is 36.4 Å². The number of rotatable bonds is 6. The van der Waals surface area contributed by atoms with Crippen LogP contribution in [0.3, 0.4) is 0 Å². The number of anilines is 1. The molecule has 2 aromatic heterocycles. The first-order valence-electron chi connectivity index (χ1n) is 9.65. The largest absolute Gasteiger partial charge is 0.433 e. The molecule has 1 atom stereocenters. The predicted molar refractivity (Wildman–Crippen MR) is 110 cm³/mol. The van der Waals surface area contributed by atoms with Gasteiger partial charge in [0.15, 0.2) is 6.10 Å². The maximum Gasteiger partial charge on any atom is 0.433 e. The normalized spacial score (nSPS) is 12.5. The number of aliphatic hydroxyl groups is 1. The molecular weight excluding hydrogens is 407 g/mol. The summed E-state index contributed by atoms with van der Waals surface area (Å²) in [5, 5.41) is 10.6. The summed E-state index contributed by atoms with van der Waals surface area (Å²) in [5.41, 5.74) is 2.56. The number of carbonyl (C=O) groups excluding carboxylic acids is 1. The van der Waals surface area contributed by atoms with Gasteiger partial charge < -0.3 is 10.0 Å². The van der Waals surface area contributed by atoms with Crippen molar-refractivity contribution in [2.75, 3.05) is 11.4 Å². The van der Waals surface area contributed by atoms with Gasteiger partial charge in [-0.25, -0.2) is 0 Å². The Morgan fingerprint density at radius 3 is 2.45 bits per heavy atom. The fourth-order valence-electron chi connectivity index (χ4n) is 3.07. The van der Waals surface area contributed by atoms with Crippen LogP contribution in [0.4, 0.5) is 18.9 Å². The van der Waals surface area contributed by atoms with Crippen LogP contribution in [0.2, 0.25) is 0 Å². The van der Waals surface area contributed by atoms with Gasteiger partial charge in [-0.05, 0) is 61.2 Å². The van der Waals surface area contributed by atoms with E-state index in [2.05, 4.69) is 9.97 Å². The Morgan fingerprint density at radius 2 is 1.87 bits per heavy atom. The minimum Gasteiger partial charge on any atom is -0.378 e.